The van der Waals surface area contributed by atoms with Gasteiger partial charge in [-0.3, -0.25) is 25.0 Å². The normalized spacial score (nSPS) is 14.2. The van der Waals surface area contributed by atoms with Gasteiger partial charge in [-0.25, -0.2) is 0 Å². The summed E-state index contributed by atoms with van der Waals surface area (Å²) in [4.78, 5) is 36.2. The topological polar surface area (TPSA) is 89.4 Å². The maximum Gasteiger partial charge on any atom is 0.325 e. The number of ether oxygens (including phenoxy) is 1. The van der Waals surface area contributed by atoms with Crippen molar-refractivity contribution in [2.45, 2.75) is 20.4 Å². The highest BCUT2D eigenvalue weighted by atomic mass is 32.1. The Kier molecular flexibility index (Phi) is 4.85. The Morgan fingerprint density at radius 2 is 1.88 bits per heavy atom. The van der Waals surface area contributed by atoms with E-state index in [2.05, 4.69) is 10.6 Å². The molecule has 0 unspecified atom stereocenters. The van der Waals surface area contributed by atoms with Gasteiger partial charge in [0.1, 0.15) is 12.1 Å². The molecule has 1 fully saturated rings. The molecule has 8 heteroatoms. The van der Waals surface area contributed by atoms with Crippen molar-refractivity contribution in [2.24, 2.45) is 0 Å². The molecule has 2 N–H and O–H groups in total. The standard InChI is InChI=1S/C18H17N3O4S/c1-3-25-15(22)9-21-10(2)12(11-6-4-5-7-14(11)21)8-13-16(23)19-18(26)20-17(13)24/h4-8H,3,9H2,1-2H3,(H2,19,20,23,24,26). The van der Waals surface area contributed by atoms with Crippen molar-refractivity contribution < 1.29 is 19.1 Å². The minimum Gasteiger partial charge on any atom is -0.465 e. The molecule has 0 saturated carbocycles. The summed E-state index contributed by atoms with van der Waals surface area (Å²) in [7, 11) is 0. The first-order valence-corrected chi connectivity index (χ1v) is 8.45. The molecule has 0 atom stereocenters. The van der Waals surface area contributed by atoms with Crippen LogP contribution in [-0.4, -0.2) is 34.1 Å². The first kappa shape index (κ1) is 17.8. The third-order valence-corrected chi connectivity index (χ3v) is 4.31. The van der Waals surface area contributed by atoms with Gasteiger partial charge >= 0.3 is 5.97 Å². The number of carbonyl (C=O) groups excluding carboxylic acids is 3. The summed E-state index contributed by atoms with van der Waals surface area (Å²) in [6.45, 7) is 3.92. The SMILES string of the molecule is CCOC(=O)Cn1c(C)c(C=C2C(=O)NC(=S)NC2=O)c2ccccc21. The van der Waals surface area contributed by atoms with Crippen molar-refractivity contribution in [1.82, 2.24) is 15.2 Å². The largest absolute Gasteiger partial charge is 0.465 e. The van der Waals surface area contributed by atoms with Gasteiger partial charge in [0.25, 0.3) is 11.8 Å². The number of aromatic nitrogens is 1. The average molecular weight is 371 g/mol. The highest BCUT2D eigenvalue weighted by Crippen LogP contribution is 2.28. The number of para-hydroxylation sites is 1. The Labute approximate surface area is 155 Å². The van der Waals surface area contributed by atoms with Gasteiger partial charge in [-0.1, -0.05) is 18.2 Å². The molecule has 26 heavy (non-hydrogen) atoms. The van der Waals surface area contributed by atoms with Crippen LogP contribution in [0.25, 0.3) is 17.0 Å². The number of esters is 1. The van der Waals surface area contributed by atoms with Gasteiger partial charge in [0.05, 0.1) is 6.61 Å². The Morgan fingerprint density at radius 3 is 2.54 bits per heavy atom. The lowest BCUT2D eigenvalue weighted by Gasteiger charge is -2.16. The molecular weight excluding hydrogens is 354 g/mol. The molecule has 3 rings (SSSR count). The molecule has 1 aromatic heterocycles. The zero-order chi connectivity index (χ0) is 18.8. The summed E-state index contributed by atoms with van der Waals surface area (Å²) >= 11 is 4.81. The van der Waals surface area contributed by atoms with E-state index in [1.54, 1.807) is 6.92 Å². The lowest BCUT2D eigenvalue weighted by atomic mass is 10.1. The van der Waals surface area contributed by atoms with Crippen molar-refractivity contribution in [1.29, 1.82) is 0 Å². The van der Waals surface area contributed by atoms with Gasteiger partial charge in [-0.2, -0.15) is 0 Å². The van der Waals surface area contributed by atoms with E-state index in [1.807, 2.05) is 35.8 Å². The predicted molar refractivity (Wildman–Crippen MR) is 100 cm³/mol. The van der Waals surface area contributed by atoms with Crippen LogP contribution in [0.1, 0.15) is 18.2 Å². The van der Waals surface area contributed by atoms with E-state index in [0.29, 0.717) is 12.2 Å². The van der Waals surface area contributed by atoms with E-state index in [4.69, 9.17) is 17.0 Å². The zero-order valence-corrected chi connectivity index (χ0v) is 15.1. The van der Waals surface area contributed by atoms with Gasteiger partial charge < -0.3 is 9.30 Å². The van der Waals surface area contributed by atoms with Crippen LogP contribution in [0.2, 0.25) is 0 Å². The van der Waals surface area contributed by atoms with Gasteiger partial charge in [-0.05, 0) is 38.2 Å². The van der Waals surface area contributed by atoms with Crippen LogP contribution in [0.15, 0.2) is 29.8 Å². The van der Waals surface area contributed by atoms with Crippen LogP contribution < -0.4 is 10.6 Å². The molecule has 2 amide bonds. The fourth-order valence-corrected chi connectivity index (χ4v) is 3.12. The lowest BCUT2D eigenvalue weighted by molar-refractivity contribution is -0.143. The van der Waals surface area contributed by atoms with Gasteiger partial charge in [-0.15, -0.1) is 0 Å². The molecule has 1 aliphatic rings. The van der Waals surface area contributed by atoms with Crippen molar-refractivity contribution in [3.63, 3.8) is 0 Å². The Hall–Kier alpha value is -3.00. The van der Waals surface area contributed by atoms with Crippen molar-refractivity contribution in [3.8, 4) is 0 Å². The highest BCUT2D eigenvalue weighted by molar-refractivity contribution is 7.80. The lowest BCUT2D eigenvalue weighted by Crippen LogP contribution is -2.51. The predicted octanol–water partition coefficient (Wildman–Crippen LogP) is 1.43. The summed E-state index contributed by atoms with van der Waals surface area (Å²) in [5, 5.41) is 5.64. The van der Waals surface area contributed by atoms with E-state index < -0.39 is 11.8 Å². The third-order valence-electron chi connectivity index (χ3n) is 4.10. The van der Waals surface area contributed by atoms with Crippen LogP contribution in [0.3, 0.4) is 0 Å². The first-order chi connectivity index (χ1) is 12.4. The van der Waals surface area contributed by atoms with Gasteiger partial charge in [0.15, 0.2) is 5.11 Å². The average Bonchev–Trinajstić information content (AvgIpc) is 2.83. The first-order valence-electron chi connectivity index (χ1n) is 8.04. The number of amides is 2. The minimum atomic E-state index is -0.555. The Bertz CT molecular complexity index is 952. The van der Waals surface area contributed by atoms with Crippen LogP contribution in [0.4, 0.5) is 0 Å². The summed E-state index contributed by atoms with van der Waals surface area (Å²) in [5.41, 5.74) is 2.22. The molecule has 1 aliphatic heterocycles. The number of carbonyl (C=O) groups is 3. The molecular formula is C18H17N3O4S. The number of nitrogens with one attached hydrogen (secondary N) is 2. The molecule has 0 bridgehead atoms. The van der Waals surface area contributed by atoms with Crippen molar-refractivity contribution in [2.75, 3.05) is 6.61 Å². The molecule has 134 valence electrons. The summed E-state index contributed by atoms with van der Waals surface area (Å²) < 4.78 is 6.85. The summed E-state index contributed by atoms with van der Waals surface area (Å²) in [5.74, 6) is -1.46. The fourth-order valence-electron chi connectivity index (χ4n) is 2.93. The van der Waals surface area contributed by atoms with Crippen molar-refractivity contribution in [3.05, 3.63) is 41.1 Å². The molecule has 1 saturated heterocycles. The van der Waals surface area contributed by atoms with E-state index in [0.717, 1.165) is 16.6 Å². The van der Waals surface area contributed by atoms with Crippen LogP contribution in [-0.2, 0) is 25.7 Å². The molecule has 0 aliphatic carbocycles. The highest BCUT2D eigenvalue weighted by Gasteiger charge is 2.27. The van der Waals surface area contributed by atoms with Crippen LogP contribution in [0, 0.1) is 6.92 Å². The van der Waals surface area contributed by atoms with E-state index in [1.165, 1.54) is 6.08 Å². The van der Waals surface area contributed by atoms with Gasteiger partial charge in [0.2, 0.25) is 0 Å². The van der Waals surface area contributed by atoms with Crippen molar-refractivity contribution >= 4 is 52.1 Å². The van der Waals surface area contributed by atoms with E-state index in [9.17, 15) is 14.4 Å². The second kappa shape index (κ2) is 7.09. The van der Waals surface area contributed by atoms with Gasteiger partial charge in [0, 0.05) is 22.2 Å². The van der Waals surface area contributed by atoms with E-state index in [-0.39, 0.29) is 23.2 Å². The summed E-state index contributed by atoms with van der Waals surface area (Å²) in [6.07, 6.45) is 1.52. The number of hydrogen-bond acceptors (Lipinski definition) is 5. The smallest absolute Gasteiger partial charge is 0.325 e. The minimum absolute atomic E-state index is 0.0152. The maximum atomic E-state index is 12.1. The fraction of sp³-hybridized carbons (Fsp3) is 0.222. The Balaban J connectivity index is 2.12. The second-order valence-electron chi connectivity index (χ2n) is 5.70. The zero-order valence-electron chi connectivity index (χ0n) is 14.3. The quantitative estimate of drug-likeness (QED) is 0.367. The Morgan fingerprint density at radius 1 is 1.23 bits per heavy atom. The number of fused-ring (bicyclic) bond motifs is 1. The molecule has 2 aromatic rings. The number of nitrogens with zero attached hydrogens (tertiary/aromatic N) is 1. The number of benzene rings is 1. The van der Waals surface area contributed by atoms with Crippen LogP contribution >= 0.6 is 12.2 Å². The molecule has 2 heterocycles. The molecule has 7 nitrogen and oxygen atoms in total. The summed E-state index contributed by atoms with van der Waals surface area (Å²) in [6, 6.07) is 7.47. The van der Waals surface area contributed by atoms with Crippen LogP contribution in [0.5, 0.6) is 0 Å². The monoisotopic (exact) mass is 371 g/mol. The molecule has 1 aromatic carbocycles. The maximum absolute atomic E-state index is 12.1. The number of rotatable bonds is 4. The third kappa shape index (κ3) is 3.23. The molecule has 0 spiro atoms. The van der Waals surface area contributed by atoms with E-state index >= 15 is 0 Å². The number of hydrogen-bond donors (Lipinski definition) is 2. The second-order valence-corrected chi connectivity index (χ2v) is 6.11. The number of thiocarbonyl (C=S) groups is 1. The molecule has 0 radical (unpaired) electrons.